The zero-order valence-electron chi connectivity index (χ0n) is 14.6. The fourth-order valence-corrected chi connectivity index (χ4v) is 4.96. The molecule has 134 valence electrons. The summed E-state index contributed by atoms with van der Waals surface area (Å²) in [6, 6.07) is 6.16. The quantitative estimate of drug-likeness (QED) is 0.842. The minimum absolute atomic E-state index is 0.0262. The Labute approximate surface area is 155 Å². The number of carbonyl (C=O) groups excluding carboxylic acids is 2. The fourth-order valence-electron chi connectivity index (χ4n) is 4.25. The van der Waals surface area contributed by atoms with Gasteiger partial charge in [0.25, 0.3) is 0 Å². The van der Waals surface area contributed by atoms with Crippen LogP contribution < -0.4 is 10.4 Å². The minimum Gasteiger partial charge on any atom is -0.550 e. The summed E-state index contributed by atoms with van der Waals surface area (Å²) >= 11 is 1.35. The lowest BCUT2D eigenvalue weighted by Gasteiger charge is -2.27. The molecule has 1 fully saturated rings. The molecule has 4 rings (SSSR count). The molecule has 2 aliphatic rings. The van der Waals surface area contributed by atoms with Crippen LogP contribution in [-0.4, -0.2) is 16.9 Å². The molecule has 1 N–H and O–H groups in total. The molecule has 2 aromatic rings. The van der Waals surface area contributed by atoms with Crippen molar-refractivity contribution in [3.8, 4) is 11.3 Å². The summed E-state index contributed by atoms with van der Waals surface area (Å²) in [5.74, 6) is -2.87. The number of anilines is 1. The van der Waals surface area contributed by atoms with Gasteiger partial charge in [0.2, 0.25) is 5.91 Å². The summed E-state index contributed by atoms with van der Waals surface area (Å²) in [7, 11) is 0. The SMILES string of the molecule is Cc1ccc(-c2csc(NC(=O)[C@@H]3[C@@H](C(=O)[O-])[C@H]4C=C[C@@H]3C4)n2)c(C)c1. The highest BCUT2D eigenvalue weighted by molar-refractivity contribution is 7.14. The highest BCUT2D eigenvalue weighted by atomic mass is 32.1. The second kappa shape index (κ2) is 6.36. The first-order chi connectivity index (χ1) is 12.4. The summed E-state index contributed by atoms with van der Waals surface area (Å²) in [5.41, 5.74) is 4.16. The first-order valence-corrected chi connectivity index (χ1v) is 9.55. The third-order valence-corrected chi connectivity index (χ3v) is 6.18. The van der Waals surface area contributed by atoms with Crippen molar-refractivity contribution < 1.29 is 14.7 Å². The summed E-state index contributed by atoms with van der Waals surface area (Å²) in [6.07, 6.45) is 4.57. The Hall–Kier alpha value is -2.47. The van der Waals surface area contributed by atoms with Crippen LogP contribution in [0.5, 0.6) is 0 Å². The molecule has 0 aliphatic heterocycles. The van der Waals surface area contributed by atoms with Gasteiger partial charge >= 0.3 is 0 Å². The number of thiazole rings is 1. The smallest absolute Gasteiger partial charge is 0.230 e. The van der Waals surface area contributed by atoms with Gasteiger partial charge in [-0.3, -0.25) is 4.79 Å². The van der Waals surface area contributed by atoms with Crippen molar-refractivity contribution in [2.75, 3.05) is 5.32 Å². The van der Waals surface area contributed by atoms with Crippen molar-refractivity contribution in [3.63, 3.8) is 0 Å². The number of benzene rings is 1. The number of allylic oxidation sites excluding steroid dienone is 2. The highest BCUT2D eigenvalue weighted by Gasteiger charge is 2.48. The Balaban J connectivity index is 1.53. The molecule has 1 heterocycles. The van der Waals surface area contributed by atoms with E-state index in [1.165, 1.54) is 16.9 Å². The average molecular weight is 367 g/mol. The number of nitrogens with zero attached hydrogens (tertiary/aromatic N) is 1. The summed E-state index contributed by atoms with van der Waals surface area (Å²) < 4.78 is 0. The van der Waals surface area contributed by atoms with Crippen molar-refractivity contribution in [1.82, 2.24) is 4.98 Å². The van der Waals surface area contributed by atoms with Gasteiger partial charge in [0, 0.05) is 22.8 Å². The van der Waals surface area contributed by atoms with Gasteiger partial charge in [0.1, 0.15) is 0 Å². The number of fused-ring (bicyclic) bond motifs is 2. The number of carboxylic acid groups (broad SMARTS) is 1. The lowest BCUT2D eigenvalue weighted by atomic mass is 9.82. The van der Waals surface area contributed by atoms with E-state index in [2.05, 4.69) is 16.4 Å². The van der Waals surface area contributed by atoms with Crippen LogP contribution in [0.4, 0.5) is 5.13 Å². The second-order valence-corrected chi connectivity index (χ2v) is 8.02. The van der Waals surface area contributed by atoms with Crippen LogP contribution in [0.15, 0.2) is 35.7 Å². The maximum Gasteiger partial charge on any atom is 0.230 e. The maximum atomic E-state index is 12.7. The van der Waals surface area contributed by atoms with Gasteiger partial charge in [-0.15, -0.1) is 11.3 Å². The number of aryl methyl sites for hydroxylation is 2. The molecule has 1 saturated carbocycles. The first-order valence-electron chi connectivity index (χ1n) is 8.67. The van der Waals surface area contributed by atoms with Crippen molar-refractivity contribution in [2.24, 2.45) is 23.7 Å². The van der Waals surface area contributed by atoms with Crippen LogP contribution in [0.1, 0.15) is 17.5 Å². The van der Waals surface area contributed by atoms with Crippen LogP contribution in [0.25, 0.3) is 11.3 Å². The van der Waals surface area contributed by atoms with Gasteiger partial charge in [0.15, 0.2) is 5.13 Å². The van der Waals surface area contributed by atoms with Gasteiger partial charge in [-0.25, -0.2) is 4.98 Å². The Bertz CT molecular complexity index is 918. The van der Waals surface area contributed by atoms with E-state index in [9.17, 15) is 14.7 Å². The average Bonchev–Trinajstić information content (AvgIpc) is 3.29. The molecule has 1 aromatic heterocycles. The van der Waals surface area contributed by atoms with Crippen molar-refractivity contribution in [1.29, 1.82) is 0 Å². The Morgan fingerprint density at radius 2 is 1.92 bits per heavy atom. The monoisotopic (exact) mass is 367 g/mol. The number of hydrogen-bond acceptors (Lipinski definition) is 5. The molecule has 2 bridgehead atoms. The predicted molar refractivity (Wildman–Crippen MR) is 98.4 cm³/mol. The molecular formula is C20H19N2O3S-. The van der Waals surface area contributed by atoms with E-state index < -0.39 is 17.8 Å². The predicted octanol–water partition coefficient (Wildman–Crippen LogP) is 2.55. The zero-order chi connectivity index (χ0) is 18.4. The van der Waals surface area contributed by atoms with E-state index in [1.54, 1.807) is 0 Å². The first kappa shape index (κ1) is 17.0. The topological polar surface area (TPSA) is 82.1 Å². The van der Waals surface area contributed by atoms with Crippen molar-refractivity contribution >= 4 is 28.3 Å². The number of nitrogens with one attached hydrogen (secondary N) is 1. The molecule has 0 saturated heterocycles. The molecule has 2 aliphatic carbocycles. The van der Waals surface area contributed by atoms with Crippen molar-refractivity contribution in [3.05, 3.63) is 46.9 Å². The lowest BCUT2D eigenvalue weighted by molar-refractivity contribution is -0.313. The van der Waals surface area contributed by atoms with Gasteiger partial charge in [-0.05, 0) is 37.7 Å². The lowest BCUT2D eigenvalue weighted by Crippen LogP contribution is -2.42. The molecule has 1 aromatic carbocycles. The van der Waals surface area contributed by atoms with Crippen LogP contribution in [-0.2, 0) is 9.59 Å². The van der Waals surface area contributed by atoms with Gasteiger partial charge in [-0.1, -0.05) is 35.9 Å². The maximum absolute atomic E-state index is 12.7. The molecule has 0 unspecified atom stereocenters. The van der Waals surface area contributed by atoms with Gasteiger partial charge in [0.05, 0.1) is 11.6 Å². The molecular weight excluding hydrogens is 348 g/mol. The molecule has 4 atom stereocenters. The fraction of sp³-hybridized carbons (Fsp3) is 0.350. The van der Waals surface area contributed by atoms with E-state index in [1.807, 2.05) is 43.5 Å². The van der Waals surface area contributed by atoms with E-state index >= 15 is 0 Å². The summed E-state index contributed by atoms with van der Waals surface area (Å²) in [4.78, 5) is 28.7. The summed E-state index contributed by atoms with van der Waals surface area (Å²) in [6.45, 7) is 4.08. The Morgan fingerprint density at radius 3 is 2.62 bits per heavy atom. The van der Waals surface area contributed by atoms with Gasteiger partial charge < -0.3 is 15.2 Å². The van der Waals surface area contributed by atoms with E-state index in [0.29, 0.717) is 11.6 Å². The molecule has 1 amide bonds. The largest absolute Gasteiger partial charge is 0.550 e. The third-order valence-electron chi connectivity index (χ3n) is 5.43. The summed E-state index contributed by atoms with van der Waals surface area (Å²) in [5, 5.41) is 16.7. The van der Waals surface area contributed by atoms with Crippen LogP contribution in [0.3, 0.4) is 0 Å². The van der Waals surface area contributed by atoms with E-state index in [4.69, 9.17) is 0 Å². The van der Waals surface area contributed by atoms with Crippen LogP contribution in [0, 0.1) is 37.5 Å². The molecule has 6 heteroatoms. The Morgan fingerprint density at radius 1 is 1.19 bits per heavy atom. The van der Waals surface area contributed by atoms with E-state index in [-0.39, 0.29) is 17.7 Å². The Kier molecular flexibility index (Phi) is 4.15. The van der Waals surface area contributed by atoms with Crippen LogP contribution in [0.2, 0.25) is 0 Å². The molecule has 26 heavy (non-hydrogen) atoms. The number of aliphatic carboxylic acids is 1. The molecule has 0 radical (unpaired) electrons. The minimum atomic E-state index is -1.14. The number of amides is 1. The standard InChI is InChI=1S/C20H20N2O3S/c1-10-3-6-14(11(2)7-10)15-9-26-20(21-15)22-18(23)16-12-4-5-13(8-12)17(16)19(24)25/h3-7,9,12-13,16-17H,8H2,1-2H3,(H,24,25)(H,21,22,23)/p-1/t12-,13+,16+,17+/m1/s1. The van der Waals surface area contributed by atoms with Crippen molar-refractivity contribution in [2.45, 2.75) is 20.3 Å². The van der Waals surface area contributed by atoms with Crippen LogP contribution >= 0.6 is 11.3 Å². The third kappa shape index (κ3) is 2.84. The molecule has 0 spiro atoms. The number of aromatic nitrogens is 1. The van der Waals surface area contributed by atoms with E-state index in [0.717, 1.165) is 16.8 Å². The number of carboxylic acids is 1. The molecule has 5 nitrogen and oxygen atoms in total. The normalized spacial score (nSPS) is 26.2. The highest BCUT2D eigenvalue weighted by Crippen LogP contribution is 2.48. The number of rotatable bonds is 4. The number of carbonyl (C=O) groups is 2. The van der Waals surface area contributed by atoms with Gasteiger partial charge in [-0.2, -0.15) is 0 Å². The zero-order valence-corrected chi connectivity index (χ0v) is 15.4. The number of hydrogen-bond donors (Lipinski definition) is 1. The second-order valence-electron chi connectivity index (χ2n) is 7.16.